The van der Waals surface area contributed by atoms with Crippen LogP contribution in [0, 0.1) is 22.5 Å². The highest BCUT2D eigenvalue weighted by molar-refractivity contribution is 5.99. The summed E-state index contributed by atoms with van der Waals surface area (Å²) in [6.07, 6.45) is 6.02. The normalized spacial score (nSPS) is 26.2. The first kappa shape index (κ1) is 12.2. The van der Waals surface area contributed by atoms with Gasteiger partial charge < -0.3 is 0 Å². The zero-order valence-electron chi connectivity index (χ0n) is 8.69. The van der Waals surface area contributed by atoms with E-state index in [9.17, 15) is 19.7 Å². The summed E-state index contributed by atoms with van der Waals surface area (Å²) in [7, 11) is 0. The second-order valence-electron chi connectivity index (χ2n) is 3.75. The van der Waals surface area contributed by atoms with Crippen LogP contribution in [0.4, 0.5) is 0 Å². The van der Waals surface area contributed by atoms with Gasteiger partial charge in [0, 0.05) is 17.8 Å². The van der Waals surface area contributed by atoms with Gasteiger partial charge in [-0.15, -0.1) is 6.42 Å². The molecule has 6 nitrogen and oxygen atoms in total. The van der Waals surface area contributed by atoms with Crippen LogP contribution in [0.5, 0.6) is 0 Å². The molecule has 16 heavy (non-hydrogen) atoms. The number of carbonyl (C=O) groups excluding carboxylic acids is 2. The molecular formula is C10H12N2O4. The minimum Gasteiger partial charge on any atom is -0.290 e. The SMILES string of the molecule is C#CCC1([N+](=O)[O-])CCCCC(=O)NC1=O. The maximum Gasteiger partial charge on any atom is 0.309 e. The molecule has 1 atom stereocenters. The Labute approximate surface area is 92.5 Å². The van der Waals surface area contributed by atoms with E-state index in [4.69, 9.17) is 6.42 Å². The van der Waals surface area contributed by atoms with Gasteiger partial charge in [0.05, 0.1) is 6.42 Å². The number of rotatable bonds is 2. The van der Waals surface area contributed by atoms with Crippen molar-refractivity contribution in [3.8, 4) is 12.3 Å². The van der Waals surface area contributed by atoms with E-state index in [1.165, 1.54) is 0 Å². The highest BCUT2D eigenvalue weighted by Gasteiger charge is 2.50. The van der Waals surface area contributed by atoms with Gasteiger partial charge in [0.25, 0.3) is 0 Å². The van der Waals surface area contributed by atoms with E-state index in [-0.39, 0.29) is 19.3 Å². The van der Waals surface area contributed by atoms with E-state index in [2.05, 4.69) is 5.92 Å². The standard InChI is InChI=1S/C10H12N2O4/c1-2-6-10(12(15)16)7-4-3-5-8(13)11-9(10)14/h1H,3-7H2,(H,11,13,14). The molecule has 86 valence electrons. The third kappa shape index (κ3) is 2.19. The van der Waals surface area contributed by atoms with E-state index in [1.54, 1.807) is 0 Å². The Morgan fingerprint density at radius 2 is 2.19 bits per heavy atom. The van der Waals surface area contributed by atoms with Gasteiger partial charge in [-0.25, -0.2) is 0 Å². The molecule has 0 aromatic heterocycles. The monoisotopic (exact) mass is 224 g/mol. The number of hydrogen-bond donors (Lipinski definition) is 1. The molecule has 1 heterocycles. The van der Waals surface area contributed by atoms with Gasteiger partial charge in [-0.2, -0.15) is 0 Å². The summed E-state index contributed by atoms with van der Waals surface area (Å²) in [5, 5.41) is 13.0. The number of hydrogen-bond acceptors (Lipinski definition) is 4. The number of amides is 2. The molecule has 1 rings (SSSR count). The molecule has 1 aliphatic heterocycles. The Kier molecular flexibility index (Phi) is 3.61. The molecule has 0 bridgehead atoms. The van der Waals surface area contributed by atoms with Gasteiger partial charge in [-0.3, -0.25) is 25.0 Å². The van der Waals surface area contributed by atoms with Crippen LogP contribution in [0.2, 0.25) is 0 Å². The van der Waals surface area contributed by atoms with Crippen molar-refractivity contribution in [1.82, 2.24) is 5.32 Å². The lowest BCUT2D eigenvalue weighted by Gasteiger charge is -2.23. The smallest absolute Gasteiger partial charge is 0.290 e. The Morgan fingerprint density at radius 3 is 2.75 bits per heavy atom. The minimum atomic E-state index is -1.84. The van der Waals surface area contributed by atoms with Crippen molar-refractivity contribution in [1.29, 1.82) is 0 Å². The zero-order valence-corrected chi connectivity index (χ0v) is 8.69. The van der Waals surface area contributed by atoms with Gasteiger partial charge >= 0.3 is 11.4 Å². The van der Waals surface area contributed by atoms with Crippen molar-refractivity contribution in [2.24, 2.45) is 0 Å². The van der Waals surface area contributed by atoms with Gasteiger partial charge in [0.15, 0.2) is 0 Å². The van der Waals surface area contributed by atoms with Crippen LogP contribution in [-0.2, 0) is 9.59 Å². The Hall–Kier alpha value is -1.90. The summed E-state index contributed by atoms with van der Waals surface area (Å²) in [6, 6.07) is 0. The number of nitro groups is 1. The Bertz CT molecular complexity index is 372. The predicted molar refractivity (Wildman–Crippen MR) is 54.8 cm³/mol. The van der Waals surface area contributed by atoms with Crippen molar-refractivity contribution >= 4 is 11.8 Å². The van der Waals surface area contributed by atoms with Gasteiger partial charge in [-0.1, -0.05) is 5.92 Å². The fraction of sp³-hybridized carbons (Fsp3) is 0.600. The molecule has 1 N–H and O–H groups in total. The van der Waals surface area contributed by atoms with Crippen molar-refractivity contribution in [3.05, 3.63) is 10.1 Å². The molecule has 0 spiro atoms. The predicted octanol–water partition coefficient (Wildman–Crippen LogP) is 0.242. The summed E-state index contributed by atoms with van der Waals surface area (Å²) >= 11 is 0. The first-order chi connectivity index (χ1) is 7.53. The van der Waals surface area contributed by atoms with Crippen LogP contribution < -0.4 is 5.32 Å². The quantitative estimate of drug-likeness (QED) is 0.315. The molecule has 0 radical (unpaired) electrons. The highest BCUT2D eigenvalue weighted by Crippen LogP contribution is 2.25. The van der Waals surface area contributed by atoms with Crippen LogP contribution in [0.15, 0.2) is 0 Å². The van der Waals surface area contributed by atoms with Crippen LogP contribution in [0.3, 0.4) is 0 Å². The van der Waals surface area contributed by atoms with E-state index in [0.717, 1.165) is 0 Å². The summed E-state index contributed by atoms with van der Waals surface area (Å²) in [4.78, 5) is 33.1. The number of imide groups is 1. The van der Waals surface area contributed by atoms with Crippen molar-refractivity contribution < 1.29 is 14.5 Å². The maximum absolute atomic E-state index is 11.7. The third-order valence-electron chi connectivity index (χ3n) is 2.66. The zero-order chi connectivity index (χ0) is 12.2. The first-order valence-corrected chi connectivity index (χ1v) is 4.95. The summed E-state index contributed by atoms with van der Waals surface area (Å²) < 4.78 is 0. The lowest BCUT2D eigenvalue weighted by atomic mass is 9.87. The summed E-state index contributed by atoms with van der Waals surface area (Å²) in [6.45, 7) is 0. The minimum absolute atomic E-state index is 0.0727. The third-order valence-corrected chi connectivity index (χ3v) is 2.66. The molecule has 1 aliphatic rings. The largest absolute Gasteiger partial charge is 0.309 e. The second-order valence-corrected chi connectivity index (χ2v) is 3.75. The fourth-order valence-corrected chi connectivity index (χ4v) is 1.70. The molecule has 0 saturated carbocycles. The van der Waals surface area contributed by atoms with Crippen LogP contribution >= 0.6 is 0 Å². The van der Waals surface area contributed by atoms with E-state index in [0.29, 0.717) is 12.8 Å². The average Bonchev–Trinajstić information content (AvgIpc) is 2.20. The molecule has 0 aromatic carbocycles. The number of nitrogens with zero attached hydrogens (tertiary/aromatic N) is 1. The molecule has 2 amide bonds. The molecule has 6 heteroatoms. The van der Waals surface area contributed by atoms with E-state index in [1.807, 2.05) is 5.32 Å². The van der Waals surface area contributed by atoms with Crippen LogP contribution in [-0.4, -0.2) is 22.3 Å². The molecule has 1 fully saturated rings. The van der Waals surface area contributed by atoms with Crippen molar-refractivity contribution in [3.63, 3.8) is 0 Å². The van der Waals surface area contributed by atoms with Crippen molar-refractivity contribution in [2.45, 2.75) is 37.6 Å². The van der Waals surface area contributed by atoms with E-state index < -0.39 is 22.3 Å². The summed E-state index contributed by atoms with van der Waals surface area (Å²) in [5.74, 6) is 0.772. The van der Waals surface area contributed by atoms with Gasteiger partial charge in [0.1, 0.15) is 0 Å². The van der Waals surface area contributed by atoms with Crippen molar-refractivity contribution in [2.75, 3.05) is 0 Å². The Balaban J connectivity index is 3.03. The molecule has 1 unspecified atom stereocenters. The molecule has 0 aromatic rings. The molecular weight excluding hydrogens is 212 g/mol. The number of terminal acetylenes is 1. The van der Waals surface area contributed by atoms with Gasteiger partial charge in [0.2, 0.25) is 5.91 Å². The van der Waals surface area contributed by atoms with Crippen LogP contribution in [0.1, 0.15) is 32.1 Å². The lowest BCUT2D eigenvalue weighted by Crippen LogP contribution is -2.54. The first-order valence-electron chi connectivity index (χ1n) is 4.95. The number of nitrogens with one attached hydrogen (secondary N) is 1. The second kappa shape index (κ2) is 4.75. The van der Waals surface area contributed by atoms with E-state index >= 15 is 0 Å². The van der Waals surface area contributed by atoms with Gasteiger partial charge in [-0.05, 0) is 12.8 Å². The Morgan fingerprint density at radius 1 is 1.50 bits per heavy atom. The average molecular weight is 224 g/mol. The summed E-state index contributed by atoms with van der Waals surface area (Å²) in [5.41, 5.74) is -1.84. The van der Waals surface area contributed by atoms with Crippen LogP contribution in [0.25, 0.3) is 0 Å². The topological polar surface area (TPSA) is 89.3 Å². The maximum atomic E-state index is 11.7. The number of carbonyl (C=O) groups is 2. The lowest BCUT2D eigenvalue weighted by molar-refractivity contribution is -0.552. The molecule has 0 aliphatic carbocycles. The highest BCUT2D eigenvalue weighted by atomic mass is 16.6. The molecule has 1 saturated heterocycles. The fourth-order valence-electron chi connectivity index (χ4n) is 1.70.